The van der Waals surface area contributed by atoms with E-state index in [1.165, 1.54) is 33.4 Å². The van der Waals surface area contributed by atoms with Crippen molar-refractivity contribution in [2.75, 3.05) is 0 Å². The Morgan fingerprint density at radius 1 is 0.913 bits per heavy atom. The monoisotopic (exact) mass is 301 g/mol. The Morgan fingerprint density at radius 3 is 2.48 bits per heavy atom. The van der Waals surface area contributed by atoms with Gasteiger partial charge in [0.05, 0.1) is 6.93 Å². The molecule has 0 fully saturated rings. The van der Waals surface area contributed by atoms with Gasteiger partial charge in [-0.2, -0.15) is 0 Å². The molecule has 1 heterocycles. The number of hydrogen-bond acceptors (Lipinski definition) is 0. The number of benzene rings is 2. The van der Waals surface area contributed by atoms with Gasteiger partial charge in [0.15, 0.2) is 6.20 Å². The van der Waals surface area contributed by atoms with E-state index < -0.39 is 0 Å². The maximum atomic E-state index is 7.86. The predicted octanol–water partition coefficient (Wildman–Crippen LogP) is 4.79. The van der Waals surface area contributed by atoms with Gasteiger partial charge in [0.25, 0.3) is 0 Å². The second-order valence-corrected chi connectivity index (χ2v) is 6.98. The first-order valence-corrected chi connectivity index (χ1v) is 8.12. The highest BCUT2D eigenvalue weighted by Crippen LogP contribution is 2.52. The molecule has 0 radical (unpaired) electrons. The highest BCUT2D eigenvalue weighted by atomic mass is 14.9. The van der Waals surface area contributed by atoms with Crippen molar-refractivity contribution in [1.82, 2.24) is 0 Å². The first kappa shape index (κ1) is 13.1. The van der Waals surface area contributed by atoms with Crippen LogP contribution in [0.25, 0.3) is 22.4 Å². The third-order valence-electron chi connectivity index (χ3n) is 5.20. The minimum Gasteiger partial charge on any atom is -0.201 e. The molecular formula is C22H22N+. The van der Waals surface area contributed by atoms with E-state index in [-0.39, 0.29) is 5.41 Å². The summed E-state index contributed by atoms with van der Waals surface area (Å²) in [6, 6.07) is 17.7. The van der Waals surface area contributed by atoms with Crippen molar-refractivity contribution in [3.05, 3.63) is 77.5 Å². The van der Waals surface area contributed by atoms with Crippen LogP contribution in [0.4, 0.5) is 0 Å². The lowest BCUT2D eigenvalue weighted by Gasteiger charge is -2.21. The van der Waals surface area contributed by atoms with Crippen LogP contribution in [0, 0.1) is 6.92 Å². The van der Waals surface area contributed by atoms with Crippen LogP contribution in [0.1, 0.15) is 31.9 Å². The van der Waals surface area contributed by atoms with Crippen molar-refractivity contribution < 1.29 is 5.94 Å². The molecule has 3 aromatic rings. The molecule has 0 unspecified atom stereocenters. The van der Waals surface area contributed by atoms with Gasteiger partial charge in [-0.05, 0) is 35.2 Å². The molecular weight excluding hydrogens is 278 g/mol. The lowest BCUT2D eigenvalue weighted by Crippen LogP contribution is -2.30. The Hall–Kier alpha value is -2.41. The fraction of sp³-hybridized carbons (Fsp3) is 0.227. The first-order valence-electron chi connectivity index (χ1n) is 8.62. The van der Waals surface area contributed by atoms with Crippen molar-refractivity contribution in [2.45, 2.75) is 26.2 Å². The van der Waals surface area contributed by atoms with Gasteiger partial charge in [0.1, 0.15) is 7.05 Å². The number of aryl methyl sites for hydroxylation is 2. The van der Waals surface area contributed by atoms with Gasteiger partial charge >= 0.3 is 0 Å². The van der Waals surface area contributed by atoms with Gasteiger partial charge in [0.2, 0.25) is 5.69 Å². The van der Waals surface area contributed by atoms with Crippen LogP contribution in [0.3, 0.4) is 0 Å². The highest BCUT2D eigenvalue weighted by molar-refractivity contribution is 5.92. The molecule has 0 aliphatic heterocycles. The summed E-state index contributed by atoms with van der Waals surface area (Å²) in [7, 11) is 2.03. The highest BCUT2D eigenvalue weighted by Gasteiger charge is 2.38. The van der Waals surface area contributed by atoms with E-state index in [4.69, 9.17) is 1.37 Å². The number of aromatic nitrogens is 1. The summed E-state index contributed by atoms with van der Waals surface area (Å²) >= 11 is 0. The average molecular weight is 301 g/mol. The zero-order valence-electron chi connectivity index (χ0n) is 15.1. The largest absolute Gasteiger partial charge is 0.213 e. The molecule has 0 amide bonds. The van der Waals surface area contributed by atoms with E-state index in [1.807, 2.05) is 19.3 Å². The summed E-state index contributed by atoms with van der Waals surface area (Å²) in [6.45, 7) is 6.80. The second kappa shape index (κ2) is 4.79. The molecule has 1 aromatic heterocycles. The number of hydrogen-bond donors (Lipinski definition) is 0. The molecule has 114 valence electrons. The van der Waals surface area contributed by atoms with E-state index in [0.29, 0.717) is 6.04 Å². The topological polar surface area (TPSA) is 3.88 Å². The summed E-state index contributed by atoms with van der Waals surface area (Å²) in [4.78, 5) is 0. The fourth-order valence-electron chi connectivity index (χ4n) is 3.96. The number of nitrogens with zero attached hydrogens (tertiary/aromatic N) is 1. The summed E-state index contributed by atoms with van der Waals surface area (Å²) in [6.07, 6.45) is 1.88. The molecule has 2 aromatic carbocycles. The molecule has 1 heteroatoms. The zero-order chi connectivity index (χ0) is 17.1. The molecule has 23 heavy (non-hydrogen) atoms. The molecule has 1 aliphatic rings. The van der Waals surface area contributed by atoms with Gasteiger partial charge in [-0.1, -0.05) is 50.2 Å². The van der Waals surface area contributed by atoms with Gasteiger partial charge in [-0.15, -0.1) is 0 Å². The van der Waals surface area contributed by atoms with Crippen LogP contribution in [0.5, 0.6) is 0 Å². The number of fused-ring (bicyclic) bond motifs is 3. The van der Waals surface area contributed by atoms with E-state index in [2.05, 4.69) is 67.8 Å². The lowest BCUT2D eigenvalue weighted by molar-refractivity contribution is -0.660. The first-order chi connectivity index (χ1) is 11.4. The Balaban J connectivity index is 2.12. The summed E-state index contributed by atoms with van der Waals surface area (Å²) < 4.78 is 9.93. The van der Waals surface area contributed by atoms with E-state index >= 15 is 0 Å². The van der Waals surface area contributed by atoms with Crippen LogP contribution in [-0.4, -0.2) is 0 Å². The van der Waals surface area contributed by atoms with Crippen molar-refractivity contribution in [3.8, 4) is 22.4 Å². The van der Waals surface area contributed by atoms with E-state index in [1.54, 1.807) is 0 Å². The van der Waals surface area contributed by atoms with Crippen molar-refractivity contribution in [3.63, 3.8) is 0 Å². The summed E-state index contributed by atoms with van der Waals surface area (Å²) in [5.74, 6) is 0. The molecule has 4 rings (SSSR count). The van der Waals surface area contributed by atoms with Gasteiger partial charge in [0, 0.05) is 23.1 Å². The average Bonchev–Trinajstić information content (AvgIpc) is 2.77. The van der Waals surface area contributed by atoms with Crippen molar-refractivity contribution in [2.24, 2.45) is 7.05 Å². The normalized spacial score (nSPS) is 15.0. The van der Waals surface area contributed by atoms with Gasteiger partial charge in [-0.3, -0.25) is 0 Å². The predicted molar refractivity (Wildman–Crippen MR) is 95.4 cm³/mol. The molecule has 0 saturated carbocycles. The third kappa shape index (κ3) is 1.89. The Kier molecular flexibility index (Phi) is 2.72. The van der Waals surface area contributed by atoms with Crippen LogP contribution in [0.2, 0.25) is 0 Å². The maximum Gasteiger partial charge on any atom is 0.213 e. The zero-order valence-corrected chi connectivity index (χ0v) is 14.1. The Labute approximate surface area is 139 Å². The Morgan fingerprint density at radius 2 is 1.70 bits per heavy atom. The van der Waals surface area contributed by atoms with Crippen molar-refractivity contribution in [1.29, 1.82) is 0 Å². The lowest BCUT2D eigenvalue weighted by atomic mass is 9.81. The summed E-state index contributed by atoms with van der Waals surface area (Å²) in [5, 5.41) is 0. The second-order valence-electron chi connectivity index (χ2n) is 6.98. The molecule has 0 bridgehead atoms. The van der Waals surface area contributed by atoms with Gasteiger partial charge < -0.3 is 0 Å². The van der Waals surface area contributed by atoms with Crippen LogP contribution < -0.4 is 4.57 Å². The molecule has 0 N–H and O–H groups in total. The van der Waals surface area contributed by atoms with Gasteiger partial charge in [-0.25, -0.2) is 4.57 Å². The SMILES string of the molecule is [2H]c1ccc(-c2c(C)ccc3c2-c2ccccc2C3(C)C)[n+](C)c1. The van der Waals surface area contributed by atoms with Crippen LogP contribution in [0.15, 0.2) is 60.8 Å². The van der Waals surface area contributed by atoms with Crippen molar-refractivity contribution >= 4 is 0 Å². The minimum atomic E-state index is 0.0162. The fourth-order valence-corrected chi connectivity index (χ4v) is 3.96. The van der Waals surface area contributed by atoms with Crippen LogP contribution in [-0.2, 0) is 12.5 Å². The maximum absolute atomic E-state index is 7.86. The van der Waals surface area contributed by atoms with E-state index in [9.17, 15) is 0 Å². The van der Waals surface area contributed by atoms with E-state index in [0.717, 1.165) is 5.69 Å². The molecule has 1 nitrogen and oxygen atoms in total. The third-order valence-corrected chi connectivity index (χ3v) is 5.20. The molecule has 1 aliphatic carbocycles. The summed E-state index contributed by atoms with van der Waals surface area (Å²) in [5.41, 5.74) is 9.21. The smallest absolute Gasteiger partial charge is 0.201 e. The number of pyridine rings is 1. The van der Waals surface area contributed by atoms with Crippen LogP contribution >= 0.6 is 0 Å². The quantitative estimate of drug-likeness (QED) is 0.569. The molecule has 0 atom stereocenters. The number of rotatable bonds is 1. The standard InChI is InChI=1S/C22H22N/c1-15-12-13-18-21(20(15)19-11-7-8-14-23(19)4)16-9-5-6-10-17(16)22(18,2)3/h5-14H,1-4H3/q+1/i8D. The minimum absolute atomic E-state index is 0.0162. The molecule has 0 spiro atoms. The Bertz CT molecular complexity index is 970. The molecule has 0 saturated heterocycles.